The van der Waals surface area contributed by atoms with Crippen molar-refractivity contribution in [2.24, 2.45) is 0 Å². The van der Waals surface area contributed by atoms with Crippen molar-refractivity contribution in [3.05, 3.63) is 71.6 Å². The molecule has 90 valence electrons. The van der Waals surface area contributed by atoms with Gasteiger partial charge < -0.3 is 5.11 Å². The predicted octanol–water partition coefficient (Wildman–Crippen LogP) is 3.43. The van der Waals surface area contributed by atoms with Gasteiger partial charge in [-0.15, -0.1) is 0 Å². The molecular weight excluding hydrogens is 231 g/mol. The standard InChI is InChI=1S/C15H11FO2/c16-12-7-9-15(18)13(10-12)14(17)8-6-11-4-2-1-3-5-11/h1-10,18H/b8-6+. The van der Waals surface area contributed by atoms with Gasteiger partial charge in [-0.1, -0.05) is 36.4 Å². The molecule has 0 aliphatic heterocycles. The second kappa shape index (κ2) is 5.27. The maximum Gasteiger partial charge on any atom is 0.189 e. The highest BCUT2D eigenvalue weighted by Gasteiger charge is 2.09. The molecule has 0 heterocycles. The zero-order valence-corrected chi connectivity index (χ0v) is 9.51. The molecule has 1 N–H and O–H groups in total. The third kappa shape index (κ3) is 2.83. The van der Waals surface area contributed by atoms with E-state index in [0.717, 1.165) is 17.7 Å². The Balaban J connectivity index is 2.22. The molecule has 0 bridgehead atoms. The Hall–Kier alpha value is -2.42. The van der Waals surface area contributed by atoms with Crippen molar-refractivity contribution in [2.75, 3.05) is 0 Å². The van der Waals surface area contributed by atoms with Crippen molar-refractivity contribution in [1.29, 1.82) is 0 Å². The summed E-state index contributed by atoms with van der Waals surface area (Å²) in [6, 6.07) is 12.6. The number of rotatable bonds is 3. The first kappa shape index (κ1) is 12.0. The summed E-state index contributed by atoms with van der Waals surface area (Å²) in [6.07, 6.45) is 2.93. The molecule has 2 rings (SSSR count). The fraction of sp³-hybridized carbons (Fsp3) is 0. The smallest absolute Gasteiger partial charge is 0.189 e. The van der Waals surface area contributed by atoms with Crippen molar-refractivity contribution in [3.8, 4) is 5.75 Å². The Kier molecular flexibility index (Phi) is 3.53. The van der Waals surface area contributed by atoms with Crippen molar-refractivity contribution in [1.82, 2.24) is 0 Å². The van der Waals surface area contributed by atoms with Gasteiger partial charge >= 0.3 is 0 Å². The molecule has 0 unspecified atom stereocenters. The van der Waals surface area contributed by atoms with Crippen LogP contribution in [0.4, 0.5) is 4.39 Å². The van der Waals surface area contributed by atoms with Crippen LogP contribution in [0.15, 0.2) is 54.6 Å². The maximum atomic E-state index is 13.0. The molecule has 2 nitrogen and oxygen atoms in total. The number of carbonyl (C=O) groups excluding carboxylic acids is 1. The molecule has 2 aromatic rings. The number of phenolic OH excluding ortho intramolecular Hbond substituents is 1. The van der Waals surface area contributed by atoms with Crippen LogP contribution in [0.25, 0.3) is 6.08 Å². The Morgan fingerprint density at radius 2 is 1.83 bits per heavy atom. The minimum Gasteiger partial charge on any atom is -0.507 e. The maximum absolute atomic E-state index is 13.0. The van der Waals surface area contributed by atoms with Gasteiger partial charge in [0.05, 0.1) is 5.56 Å². The molecule has 0 fully saturated rings. The van der Waals surface area contributed by atoms with Crippen LogP contribution in [0.3, 0.4) is 0 Å². The number of aromatic hydroxyl groups is 1. The fourth-order valence-electron chi connectivity index (χ4n) is 1.53. The van der Waals surface area contributed by atoms with Crippen LogP contribution in [0.5, 0.6) is 5.75 Å². The molecule has 0 atom stereocenters. The summed E-state index contributed by atoms with van der Waals surface area (Å²) < 4.78 is 13.0. The highest BCUT2D eigenvalue weighted by molar-refractivity contribution is 6.08. The Bertz CT molecular complexity index is 589. The lowest BCUT2D eigenvalue weighted by Gasteiger charge is -2.00. The van der Waals surface area contributed by atoms with E-state index in [9.17, 15) is 14.3 Å². The molecule has 0 saturated carbocycles. The molecule has 0 saturated heterocycles. The van der Waals surface area contributed by atoms with Gasteiger partial charge in [0.25, 0.3) is 0 Å². The summed E-state index contributed by atoms with van der Waals surface area (Å²) in [7, 11) is 0. The van der Waals surface area contributed by atoms with Crippen LogP contribution in [-0.2, 0) is 0 Å². The van der Waals surface area contributed by atoms with Gasteiger partial charge in [0.15, 0.2) is 5.78 Å². The zero-order valence-electron chi connectivity index (χ0n) is 9.51. The number of allylic oxidation sites excluding steroid dienone is 1. The Labute approximate surface area is 104 Å². The average molecular weight is 242 g/mol. The molecule has 0 amide bonds. The molecule has 0 radical (unpaired) electrons. The SMILES string of the molecule is O=C(/C=C/c1ccccc1)c1cc(F)ccc1O. The number of hydrogen-bond donors (Lipinski definition) is 1. The van der Waals surface area contributed by atoms with Gasteiger partial charge in [0.2, 0.25) is 0 Å². The van der Waals surface area contributed by atoms with Crippen molar-refractivity contribution >= 4 is 11.9 Å². The lowest BCUT2D eigenvalue weighted by atomic mass is 10.1. The van der Waals surface area contributed by atoms with E-state index >= 15 is 0 Å². The summed E-state index contributed by atoms with van der Waals surface area (Å²) in [5, 5.41) is 9.48. The summed E-state index contributed by atoms with van der Waals surface area (Å²) in [6.45, 7) is 0. The summed E-state index contributed by atoms with van der Waals surface area (Å²) in [5.41, 5.74) is 0.823. The monoisotopic (exact) mass is 242 g/mol. The third-order valence-electron chi connectivity index (χ3n) is 2.45. The normalized spacial score (nSPS) is 10.7. The van der Waals surface area contributed by atoms with Crippen LogP contribution in [0, 0.1) is 5.82 Å². The summed E-state index contributed by atoms with van der Waals surface area (Å²) in [5.74, 6) is -1.21. The Morgan fingerprint density at radius 3 is 2.56 bits per heavy atom. The first-order valence-electron chi connectivity index (χ1n) is 5.43. The number of hydrogen-bond acceptors (Lipinski definition) is 2. The van der Waals surface area contributed by atoms with Crippen LogP contribution >= 0.6 is 0 Å². The molecule has 2 aromatic carbocycles. The largest absolute Gasteiger partial charge is 0.507 e. The van der Waals surface area contributed by atoms with Gasteiger partial charge in [-0.2, -0.15) is 0 Å². The predicted molar refractivity (Wildman–Crippen MR) is 67.9 cm³/mol. The van der Waals surface area contributed by atoms with E-state index in [1.165, 1.54) is 12.1 Å². The van der Waals surface area contributed by atoms with E-state index in [0.29, 0.717) is 0 Å². The minimum atomic E-state index is -0.552. The van der Waals surface area contributed by atoms with E-state index in [1.54, 1.807) is 6.08 Å². The van der Waals surface area contributed by atoms with Crippen molar-refractivity contribution < 1.29 is 14.3 Å². The summed E-state index contributed by atoms with van der Waals surface area (Å²) >= 11 is 0. The second-order valence-electron chi connectivity index (χ2n) is 3.77. The molecule has 0 spiro atoms. The fourth-order valence-corrected chi connectivity index (χ4v) is 1.53. The first-order chi connectivity index (χ1) is 8.66. The van der Waals surface area contributed by atoms with Gasteiger partial charge in [-0.25, -0.2) is 4.39 Å². The number of benzene rings is 2. The van der Waals surface area contributed by atoms with E-state index in [2.05, 4.69) is 0 Å². The highest BCUT2D eigenvalue weighted by Crippen LogP contribution is 2.19. The van der Waals surface area contributed by atoms with Gasteiger partial charge in [-0.3, -0.25) is 4.79 Å². The molecule has 3 heteroatoms. The number of halogens is 1. The number of ketones is 1. The zero-order chi connectivity index (χ0) is 13.0. The molecule has 0 aliphatic rings. The number of phenols is 1. The molecule has 0 aromatic heterocycles. The summed E-state index contributed by atoms with van der Waals surface area (Å²) in [4.78, 5) is 11.8. The van der Waals surface area contributed by atoms with E-state index in [1.807, 2.05) is 30.3 Å². The topological polar surface area (TPSA) is 37.3 Å². The van der Waals surface area contributed by atoms with Crippen molar-refractivity contribution in [2.45, 2.75) is 0 Å². The molecular formula is C15H11FO2. The van der Waals surface area contributed by atoms with E-state index in [4.69, 9.17) is 0 Å². The van der Waals surface area contributed by atoms with E-state index < -0.39 is 11.6 Å². The Morgan fingerprint density at radius 1 is 1.11 bits per heavy atom. The van der Waals surface area contributed by atoms with Crippen LogP contribution in [0.2, 0.25) is 0 Å². The first-order valence-corrected chi connectivity index (χ1v) is 5.43. The highest BCUT2D eigenvalue weighted by atomic mass is 19.1. The van der Waals surface area contributed by atoms with Gasteiger partial charge in [0, 0.05) is 0 Å². The van der Waals surface area contributed by atoms with Crippen LogP contribution in [-0.4, -0.2) is 10.9 Å². The van der Waals surface area contributed by atoms with Crippen molar-refractivity contribution in [3.63, 3.8) is 0 Å². The average Bonchev–Trinajstić information content (AvgIpc) is 2.40. The molecule has 18 heavy (non-hydrogen) atoms. The quantitative estimate of drug-likeness (QED) is 0.661. The number of carbonyl (C=O) groups is 1. The lowest BCUT2D eigenvalue weighted by Crippen LogP contribution is -1.95. The van der Waals surface area contributed by atoms with Crippen LogP contribution < -0.4 is 0 Å². The van der Waals surface area contributed by atoms with Gasteiger partial charge in [-0.05, 0) is 29.8 Å². The second-order valence-corrected chi connectivity index (χ2v) is 3.77. The van der Waals surface area contributed by atoms with E-state index in [-0.39, 0.29) is 11.3 Å². The van der Waals surface area contributed by atoms with Crippen LogP contribution in [0.1, 0.15) is 15.9 Å². The van der Waals surface area contributed by atoms with Gasteiger partial charge in [0.1, 0.15) is 11.6 Å². The third-order valence-corrected chi connectivity index (χ3v) is 2.45. The lowest BCUT2D eigenvalue weighted by molar-refractivity contribution is 0.104. The minimum absolute atomic E-state index is 0.0396. The molecule has 0 aliphatic carbocycles.